The number of nitrogens with zero attached hydrogens (tertiary/aromatic N) is 1. The Bertz CT molecular complexity index is 1160. The average Bonchev–Trinajstić information content (AvgIpc) is 2.66. The molecule has 4 rings (SSSR count). The molecule has 5 nitrogen and oxygen atoms in total. The molecule has 3 aromatic rings. The molecule has 1 unspecified atom stereocenters. The lowest BCUT2D eigenvalue weighted by Crippen LogP contribution is -2.19. The monoisotopic (exact) mass is 391 g/mol. The molecule has 0 fully saturated rings. The van der Waals surface area contributed by atoms with Crippen molar-refractivity contribution < 1.29 is 19.7 Å². The Hall–Kier alpha value is -3.21. The Kier molecular flexibility index (Phi) is 4.61. The third-order valence-corrected chi connectivity index (χ3v) is 5.56. The maximum absolute atomic E-state index is 11.0. The van der Waals surface area contributed by atoms with Crippen molar-refractivity contribution in [3.8, 4) is 34.1 Å². The van der Waals surface area contributed by atoms with E-state index in [2.05, 4.69) is 6.92 Å². The Morgan fingerprint density at radius 1 is 0.931 bits per heavy atom. The number of ether oxygens (including phenoxy) is 2. The van der Waals surface area contributed by atoms with Crippen LogP contribution in [0.1, 0.15) is 30.5 Å². The molecule has 0 radical (unpaired) electrons. The Labute approximate surface area is 170 Å². The van der Waals surface area contributed by atoms with Crippen LogP contribution in [0.25, 0.3) is 21.9 Å². The van der Waals surface area contributed by atoms with Gasteiger partial charge in [-0.3, -0.25) is 4.99 Å². The molecule has 29 heavy (non-hydrogen) atoms. The number of rotatable bonds is 3. The van der Waals surface area contributed by atoms with Crippen LogP contribution in [0, 0.1) is 6.92 Å². The summed E-state index contributed by atoms with van der Waals surface area (Å²) >= 11 is 0. The molecule has 0 saturated carbocycles. The molecule has 1 aliphatic rings. The van der Waals surface area contributed by atoms with E-state index in [9.17, 15) is 10.2 Å². The van der Waals surface area contributed by atoms with E-state index in [1.54, 1.807) is 26.4 Å². The summed E-state index contributed by atoms with van der Waals surface area (Å²) in [6.07, 6.45) is 0.693. The van der Waals surface area contributed by atoms with Crippen molar-refractivity contribution >= 4 is 16.5 Å². The lowest BCUT2D eigenvalue weighted by molar-refractivity contribution is 0.405. The Morgan fingerprint density at radius 3 is 2.34 bits per heavy atom. The fourth-order valence-corrected chi connectivity index (χ4v) is 4.45. The molecule has 0 aliphatic carbocycles. The molecule has 0 spiro atoms. The SMILES string of the molecule is COc1cc(O)c(-c2ccc(OC)c3c(O)cc(C)cc23)c2c1C(C)=NC(C)C2. The molecule has 0 aromatic heterocycles. The third-order valence-electron chi connectivity index (χ3n) is 5.56. The zero-order chi connectivity index (χ0) is 20.9. The van der Waals surface area contributed by atoms with Crippen LogP contribution >= 0.6 is 0 Å². The molecule has 0 amide bonds. The fraction of sp³-hybridized carbons (Fsp3) is 0.292. The number of hydrogen-bond acceptors (Lipinski definition) is 5. The highest BCUT2D eigenvalue weighted by Gasteiger charge is 2.27. The van der Waals surface area contributed by atoms with Crippen molar-refractivity contribution in [2.24, 2.45) is 4.99 Å². The van der Waals surface area contributed by atoms with Crippen LogP contribution in [0.5, 0.6) is 23.0 Å². The van der Waals surface area contributed by atoms with E-state index in [1.807, 2.05) is 32.0 Å². The molecule has 150 valence electrons. The molecule has 1 atom stereocenters. The average molecular weight is 391 g/mol. The number of aliphatic imine (C=N–C) groups is 1. The molecule has 0 saturated heterocycles. The lowest BCUT2D eigenvalue weighted by atomic mass is 9.84. The van der Waals surface area contributed by atoms with Crippen molar-refractivity contribution in [2.75, 3.05) is 14.2 Å². The summed E-state index contributed by atoms with van der Waals surface area (Å²) in [5.41, 5.74) is 5.36. The van der Waals surface area contributed by atoms with Crippen LogP contribution in [0.2, 0.25) is 0 Å². The zero-order valence-corrected chi connectivity index (χ0v) is 17.3. The van der Waals surface area contributed by atoms with Gasteiger partial charge in [0.15, 0.2) is 0 Å². The first-order valence-corrected chi connectivity index (χ1v) is 9.64. The van der Waals surface area contributed by atoms with Gasteiger partial charge in [0.05, 0.1) is 25.6 Å². The Morgan fingerprint density at radius 2 is 1.66 bits per heavy atom. The second kappa shape index (κ2) is 6.99. The number of phenols is 2. The van der Waals surface area contributed by atoms with Crippen molar-refractivity contribution in [1.29, 1.82) is 0 Å². The van der Waals surface area contributed by atoms with Gasteiger partial charge in [-0.15, -0.1) is 0 Å². The van der Waals surface area contributed by atoms with Gasteiger partial charge in [0, 0.05) is 22.9 Å². The van der Waals surface area contributed by atoms with Crippen LogP contribution < -0.4 is 9.47 Å². The highest BCUT2D eigenvalue weighted by molar-refractivity contribution is 6.09. The first kappa shape index (κ1) is 19.1. The first-order chi connectivity index (χ1) is 13.8. The summed E-state index contributed by atoms with van der Waals surface area (Å²) in [4.78, 5) is 4.71. The number of fused-ring (bicyclic) bond motifs is 2. The maximum Gasteiger partial charge on any atom is 0.131 e. The number of benzene rings is 3. The van der Waals surface area contributed by atoms with E-state index in [0.717, 1.165) is 38.9 Å². The van der Waals surface area contributed by atoms with E-state index in [-0.39, 0.29) is 17.5 Å². The summed E-state index contributed by atoms with van der Waals surface area (Å²) in [6.45, 7) is 5.97. The smallest absolute Gasteiger partial charge is 0.131 e. The highest BCUT2D eigenvalue weighted by atomic mass is 16.5. The molecule has 0 bridgehead atoms. The number of hydrogen-bond donors (Lipinski definition) is 2. The summed E-state index contributed by atoms with van der Waals surface area (Å²) in [5, 5.41) is 23.1. The van der Waals surface area contributed by atoms with Gasteiger partial charge >= 0.3 is 0 Å². The van der Waals surface area contributed by atoms with Gasteiger partial charge < -0.3 is 19.7 Å². The van der Waals surface area contributed by atoms with Crippen LogP contribution in [0.4, 0.5) is 0 Å². The van der Waals surface area contributed by atoms with Crippen LogP contribution in [0.15, 0.2) is 35.3 Å². The predicted octanol–water partition coefficient (Wildman–Crippen LogP) is 5.00. The molecule has 1 aliphatic heterocycles. The number of methoxy groups -OCH3 is 2. The number of phenolic OH excluding ortho intramolecular Hbond substituents is 2. The van der Waals surface area contributed by atoms with Gasteiger partial charge in [0.25, 0.3) is 0 Å². The predicted molar refractivity (Wildman–Crippen MR) is 116 cm³/mol. The van der Waals surface area contributed by atoms with Crippen LogP contribution in [-0.2, 0) is 6.42 Å². The van der Waals surface area contributed by atoms with E-state index in [4.69, 9.17) is 14.5 Å². The molecule has 5 heteroatoms. The van der Waals surface area contributed by atoms with E-state index in [1.165, 1.54) is 0 Å². The van der Waals surface area contributed by atoms with Gasteiger partial charge in [-0.05, 0) is 67.5 Å². The van der Waals surface area contributed by atoms with E-state index >= 15 is 0 Å². The third kappa shape index (κ3) is 2.97. The van der Waals surface area contributed by atoms with Gasteiger partial charge in [0.1, 0.15) is 23.0 Å². The van der Waals surface area contributed by atoms with Crippen LogP contribution in [0.3, 0.4) is 0 Å². The van der Waals surface area contributed by atoms with Crippen molar-refractivity contribution in [3.63, 3.8) is 0 Å². The highest BCUT2D eigenvalue weighted by Crippen LogP contribution is 2.47. The summed E-state index contributed by atoms with van der Waals surface area (Å²) in [6, 6.07) is 9.25. The van der Waals surface area contributed by atoms with Gasteiger partial charge in [0.2, 0.25) is 0 Å². The largest absolute Gasteiger partial charge is 0.507 e. The number of aromatic hydroxyl groups is 2. The molecule has 1 heterocycles. The fourth-order valence-electron chi connectivity index (χ4n) is 4.45. The Balaban J connectivity index is 2.14. The molecular weight excluding hydrogens is 366 g/mol. The van der Waals surface area contributed by atoms with Crippen LogP contribution in [-0.4, -0.2) is 36.2 Å². The van der Waals surface area contributed by atoms with Gasteiger partial charge in [-0.2, -0.15) is 0 Å². The second-order valence-electron chi connectivity index (χ2n) is 7.62. The first-order valence-electron chi connectivity index (χ1n) is 9.64. The van der Waals surface area contributed by atoms with Crippen molar-refractivity contribution in [3.05, 3.63) is 47.0 Å². The number of aryl methyl sites for hydroxylation is 1. The normalized spacial score (nSPS) is 15.8. The van der Waals surface area contributed by atoms with E-state index < -0.39 is 0 Å². The molecule has 2 N–H and O–H groups in total. The molecular formula is C24H25NO4. The summed E-state index contributed by atoms with van der Waals surface area (Å²) < 4.78 is 11.0. The minimum absolute atomic E-state index is 0.104. The topological polar surface area (TPSA) is 71.3 Å². The summed E-state index contributed by atoms with van der Waals surface area (Å²) in [5.74, 6) is 1.52. The molecule has 3 aromatic carbocycles. The second-order valence-corrected chi connectivity index (χ2v) is 7.62. The quantitative estimate of drug-likeness (QED) is 0.659. The minimum atomic E-state index is 0.104. The maximum atomic E-state index is 11.0. The summed E-state index contributed by atoms with van der Waals surface area (Å²) in [7, 11) is 3.19. The van der Waals surface area contributed by atoms with E-state index in [0.29, 0.717) is 23.3 Å². The lowest BCUT2D eigenvalue weighted by Gasteiger charge is -2.26. The van der Waals surface area contributed by atoms with Crippen molar-refractivity contribution in [2.45, 2.75) is 33.2 Å². The standard InChI is InChI=1S/C24H25NO4/c1-12-8-16-15(6-7-20(28-4)24(16)18(26)9-12)23-17-10-13(2)25-14(3)22(17)21(29-5)11-19(23)27/h6-9,11,13,26-27H,10H2,1-5H3. The zero-order valence-electron chi connectivity index (χ0n) is 17.3. The van der Waals surface area contributed by atoms with Gasteiger partial charge in [-0.1, -0.05) is 6.07 Å². The van der Waals surface area contributed by atoms with Gasteiger partial charge in [-0.25, -0.2) is 0 Å². The van der Waals surface area contributed by atoms with Crippen molar-refractivity contribution in [1.82, 2.24) is 0 Å². The minimum Gasteiger partial charge on any atom is -0.507 e.